The first-order valence-electron chi connectivity index (χ1n) is 7.36. The molecule has 0 saturated carbocycles. The minimum Gasteiger partial charge on any atom is -0.497 e. The Hall–Kier alpha value is -3.08. The highest BCUT2D eigenvalue weighted by Gasteiger charge is 2.05. The molecule has 0 heterocycles. The van der Waals surface area contributed by atoms with E-state index in [9.17, 15) is 4.79 Å². The number of nitrogens with one attached hydrogen (secondary N) is 1. The number of amides is 1. The summed E-state index contributed by atoms with van der Waals surface area (Å²) in [6, 6.07) is 12.5. The molecule has 5 nitrogen and oxygen atoms in total. The first-order valence-corrected chi connectivity index (χ1v) is 7.36. The number of nitrogens with zero attached hydrogens (tertiary/aromatic N) is 1. The summed E-state index contributed by atoms with van der Waals surface area (Å²) >= 11 is 0. The van der Waals surface area contributed by atoms with E-state index in [1.165, 1.54) is 6.21 Å². The number of benzene rings is 2. The quantitative estimate of drug-likeness (QED) is 0.653. The van der Waals surface area contributed by atoms with Crippen LogP contribution in [0.3, 0.4) is 0 Å². The molecule has 0 saturated heterocycles. The normalized spacial score (nSPS) is 10.5. The standard InChI is InChI=1S/C19H20N2O3/c1-13(2)14-5-7-15(8-6-14)19(22)21-20-12-16-9-10-17(23-3)11-18(16)24-4/h5-12H,1H2,2-4H3,(H,21,22)/b20-12+. The number of allylic oxidation sites excluding steroid dienone is 1. The van der Waals surface area contributed by atoms with Gasteiger partial charge < -0.3 is 9.47 Å². The third kappa shape index (κ3) is 4.23. The summed E-state index contributed by atoms with van der Waals surface area (Å²) in [6.07, 6.45) is 1.53. The number of hydrazone groups is 1. The van der Waals surface area contributed by atoms with Gasteiger partial charge in [0.25, 0.3) is 5.91 Å². The van der Waals surface area contributed by atoms with Gasteiger partial charge in [-0.15, -0.1) is 0 Å². The molecule has 2 rings (SSSR count). The molecule has 0 spiro atoms. The van der Waals surface area contributed by atoms with Crippen LogP contribution in [-0.4, -0.2) is 26.3 Å². The zero-order valence-electron chi connectivity index (χ0n) is 14.0. The van der Waals surface area contributed by atoms with Crippen molar-refractivity contribution in [3.8, 4) is 11.5 Å². The third-order valence-electron chi connectivity index (χ3n) is 3.45. The molecule has 0 aliphatic rings. The largest absolute Gasteiger partial charge is 0.497 e. The average molecular weight is 324 g/mol. The SMILES string of the molecule is C=C(C)c1ccc(C(=O)N/N=C/c2ccc(OC)cc2OC)cc1. The van der Waals surface area contributed by atoms with Crippen molar-refractivity contribution in [3.05, 3.63) is 65.7 Å². The van der Waals surface area contributed by atoms with E-state index < -0.39 is 0 Å². The van der Waals surface area contributed by atoms with Crippen LogP contribution in [0.1, 0.15) is 28.4 Å². The van der Waals surface area contributed by atoms with Gasteiger partial charge in [-0.2, -0.15) is 5.10 Å². The summed E-state index contributed by atoms with van der Waals surface area (Å²) in [7, 11) is 3.15. The summed E-state index contributed by atoms with van der Waals surface area (Å²) in [5.74, 6) is 1.01. The van der Waals surface area contributed by atoms with E-state index in [4.69, 9.17) is 9.47 Å². The topological polar surface area (TPSA) is 59.9 Å². The van der Waals surface area contributed by atoms with Crippen LogP contribution in [0.4, 0.5) is 0 Å². The van der Waals surface area contributed by atoms with Crippen molar-refractivity contribution in [1.82, 2.24) is 5.43 Å². The van der Waals surface area contributed by atoms with E-state index >= 15 is 0 Å². The van der Waals surface area contributed by atoms with Crippen molar-refractivity contribution >= 4 is 17.7 Å². The fraction of sp³-hybridized carbons (Fsp3) is 0.158. The van der Waals surface area contributed by atoms with Crippen molar-refractivity contribution in [3.63, 3.8) is 0 Å². The van der Waals surface area contributed by atoms with E-state index in [0.29, 0.717) is 17.1 Å². The van der Waals surface area contributed by atoms with Crippen molar-refractivity contribution in [2.75, 3.05) is 14.2 Å². The van der Waals surface area contributed by atoms with Crippen LogP contribution in [0.5, 0.6) is 11.5 Å². The Balaban J connectivity index is 2.05. The van der Waals surface area contributed by atoms with Crippen molar-refractivity contribution in [1.29, 1.82) is 0 Å². The molecule has 0 bridgehead atoms. The zero-order valence-corrected chi connectivity index (χ0v) is 14.0. The summed E-state index contributed by atoms with van der Waals surface area (Å²) in [4.78, 5) is 12.1. The lowest BCUT2D eigenvalue weighted by molar-refractivity contribution is 0.0955. The summed E-state index contributed by atoms with van der Waals surface area (Å²) in [6.45, 7) is 5.79. The number of carbonyl (C=O) groups excluding carboxylic acids is 1. The zero-order chi connectivity index (χ0) is 17.5. The number of methoxy groups -OCH3 is 2. The first kappa shape index (κ1) is 17.3. The van der Waals surface area contributed by atoms with Gasteiger partial charge in [0.2, 0.25) is 0 Å². The first-order chi connectivity index (χ1) is 11.5. The van der Waals surface area contributed by atoms with E-state index in [2.05, 4.69) is 17.1 Å². The predicted octanol–water partition coefficient (Wildman–Crippen LogP) is 3.50. The maximum Gasteiger partial charge on any atom is 0.271 e. The van der Waals surface area contributed by atoms with Crippen LogP contribution in [0, 0.1) is 0 Å². The molecule has 1 N–H and O–H groups in total. The second kappa shape index (κ2) is 7.97. The van der Waals surface area contributed by atoms with Crippen LogP contribution in [-0.2, 0) is 0 Å². The third-order valence-corrected chi connectivity index (χ3v) is 3.45. The van der Waals surface area contributed by atoms with Gasteiger partial charge in [-0.3, -0.25) is 4.79 Å². The van der Waals surface area contributed by atoms with Crippen LogP contribution < -0.4 is 14.9 Å². The lowest BCUT2D eigenvalue weighted by Gasteiger charge is -2.07. The molecule has 2 aromatic rings. The predicted molar refractivity (Wildman–Crippen MR) is 95.8 cm³/mol. The summed E-state index contributed by atoms with van der Waals surface area (Å²) in [5.41, 5.74) is 5.71. The van der Waals surface area contributed by atoms with Crippen LogP contribution in [0.2, 0.25) is 0 Å². The Labute approximate surface area is 141 Å². The highest BCUT2D eigenvalue weighted by molar-refractivity contribution is 5.95. The highest BCUT2D eigenvalue weighted by Crippen LogP contribution is 2.23. The molecule has 2 aromatic carbocycles. The number of rotatable bonds is 6. The van der Waals surface area contributed by atoms with Gasteiger partial charge in [-0.25, -0.2) is 5.43 Å². The van der Waals surface area contributed by atoms with Gasteiger partial charge in [0.15, 0.2) is 0 Å². The van der Waals surface area contributed by atoms with Gasteiger partial charge in [-0.1, -0.05) is 24.3 Å². The minimum absolute atomic E-state index is 0.285. The van der Waals surface area contributed by atoms with Gasteiger partial charge in [0.05, 0.1) is 20.4 Å². The molecule has 5 heteroatoms. The summed E-state index contributed by atoms with van der Waals surface area (Å²) in [5, 5.41) is 3.98. The van der Waals surface area contributed by atoms with Crippen LogP contribution in [0.25, 0.3) is 5.57 Å². The molecule has 0 unspecified atom stereocenters. The number of hydrogen-bond acceptors (Lipinski definition) is 4. The Bertz CT molecular complexity index is 765. The molecular formula is C19H20N2O3. The van der Waals surface area contributed by atoms with E-state index in [1.54, 1.807) is 44.6 Å². The molecule has 1 amide bonds. The van der Waals surface area contributed by atoms with Gasteiger partial charge in [0.1, 0.15) is 11.5 Å². The van der Waals surface area contributed by atoms with Gasteiger partial charge in [-0.05, 0) is 36.8 Å². The second-order valence-electron chi connectivity index (χ2n) is 5.16. The van der Waals surface area contributed by atoms with E-state index in [1.807, 2.05) is 19.1 Å². The Morgan fingerprint density at radius 3 is 2.33 bits per heavy atom. The molecule has 0 aromatic heterocycles. The number of ether oxygens (including phenoxy) is 2. The fourth-order valence-electron chi connectivity index (χ4n) is 2.06. The average Bonchev–Trinajstić information content (AvgIpc) is 2.61. The van der Waals surface area contributed by atoms with E-state index in [0.717, 1.165) is 16.7 Å². The van der Waals surface area contributed by atoms with E-state index in [-0.39, 0.29) is 5.91 Å². The molecular weight excluding hydrogens is 304 g/mol. The van der Waals surface area contributed by atoms with Gasteiger partial charge in [0, 0.05) is 17.2 Å². The lowest BCUT2D eigenvalue weighted by atomic mass is 10.1. The van der Waals surface area contributed by atoms with Crippen LogP contribution >= 0.6 is 0 Å². The maximum absolute atomic E-state index is 12.1. The number of carbonyl (C=O) groups is 1. The lowest BCUT2D eigenvalue weighted by Crippen LogP contribution is -2.17. The van der Waals surface area contributed by atoms with Crippen LogP contribution in [0.15, 0.2) is 54.1 Å². The smallest absolute Gasteiger partial charge is 0.271 e. The summed E-state index contributed by atoms with van der Waals surface area (Å²) < 4.78 is 10.4. The molecule has 0 atom stereocenters. The Kier molecular flexibility index (Phi) is 5.73. The molecule has 0 aliphatic heterocycles. The molecule has 124 valence electrons. The molecule has 24 heavy (non-hydrogen) atoms. The monoisotopic (exact) mass is 324 g/mol. The van der Waals surface area contributed by atoms with Crippen molar-refractivity contribution < 1.29 is 14.3 Å². The Morgan fingerprint density at radius 1 is 1.08 bits per heavy atom. The Morgan fingerprint density at radius 2 is 1.75 bits per heavy atom. The highest BCUT2D eigenvalue weighted by atomic mass is 16.5. The fourth-order valence-corrected chi connectivity index (χ4v) is 2.06. The second-order valence-corrected chi connectivity index (χ2v) is 5.16. The molecule has 0 radical (unpaired) electrons. The minimum atomic E-state index is -0.285. The van der Waals surface area contributed by atoms with Crippen molar-refractivity contribution in [2.24, 2.45) is 5.10 Å². The molecule has 0 aliphatic carbocycles. The number of hydrogen-bond donors (Lipinski definition) is 1. The maximum atomic E-state index is 12.1. The van der Waals surface area contributed by atoms with Gasteiger partial charge >= 0.3 is 0 Å². The van der Waals surface area contributed by atoms with Crippen molar-refractivity contribution in [2.45, 2.75) is 6.92 Å². The molecule has 0 fully saturated rings.